The largest absolute Gasteiger partial charge is 0.507 e. The lowest BCUT2D eigenvalue weighted by Crippen LogP contribution is -2.20. The van der Waals surface area contributed by atoms with Gasteiger partial charge in [0.2, 0.25) is 0 Å². The van der Waals surface area contributed by atoms with Crippen molar-refractivity contribution in [3.8, 4) is 5.75 Å². The Hall–Kier alpha value is -2.76. The molecule has 5 nitrogen and oxygen atoms in total. The molecule has 2 aromatic rings. The van der Waals surface area contributed by atoms with E-state index < -0.39 is 11.7 Å². The number of halogens is 1. The standard InChI is InChI=1S/C14H12FN3O2/c1-9(11-8-10(15)5-6-13(11)19)17-18-14(20)12-4-2-3-7-16-12/h2-8,19H,1H3,(H,18,20)/b17-9+. The first kappa shape index (κ1) is 13.7. The molecule has 102 valence electrons. The monoisotopic (exact) mass is 273 g/mol. The van der Waals surface area contributed by atoms with Crippen LogP contribution in [-0.2, 0) is 0 Å². The molecule has 0 spiro atoms. The van der Waals surface area contributed by atoms with Gasteiger partial charge in [-0.3, -0.25) is 9.78 Å². The van der Waals surface area contributed by atoms with Gasteiger partial charge in [-0.2, -0.15) is 5.10 Å². The predicted octanol–water partition coefficient (Wildman–Crippen LogP) is 2.08. The van der Waals surface area contributed by atoms with Crippen molar-refractivity contribution in [2.75, 3.05) is 0 Å². The fourth-order valence-electron chi connectivity index (χ4n) is 1.55. The van der Waals surface area contributed by atoms with Crippen LogP contribution in [0.25, 0.3) is 0 Å². The summed E-state index contributed by atoms with van der Waals surface area (Å²) in [5.74, 6) is -1.09. The first-order valence-electron chi connectivity index (χ1n) is 5.82. The zero-order valence-electron chi connectivity index (χ0n) is 10.7. The minimum absolute atomic E-state index is 0.111. The van der Waals surface area contributed by atoms with Crippen LogP contribution in [0.5, 0.6) is 5.75 Å². The number of phenols is 1. The second kappa shape index (κ2) is 5.92. The third-order valence-electron chi connectivity index (χ3n) is 2.57. The number of amides is 1. The SMILES string of the molecule is C/C(=N\NC(=O)c1ccccn1)c1cc(F)ccc1O. The molecule has 1 amide bonds. The van der Waals surface area contributed by atoms with Gasteiger partial charge >= 0.3 is 0 Å². The average molecular weight is 273 g/mol. The van der Waals surface area contributed by atoms with Crippen molar-refractivity contribution in [3.63, 3.8) is 0 Å². The Labute approximate surface area is 114 Å². The van der Waals surface area contributed by atoms with E-state index >= 15 is 0 Å². The molecule has 1 aromatic heterocycles. The Balaban J connectivity index is 2.15. The van der Waals surface area contributed by atoms with E-state index in [0.29, 0.717) is 0 Å². The second-order valence-corrected chi connectivity index (χ2v) is 4.01. The Bertz CT molecular complexity index is 657. The summed E-state index contributed by atoms with van der Waals surface area (Å²) < 4.78 is 13.1. The summed E-state index contributed by atoms with van der Waals surface area (Å²) in [6.07, 6.45) is 1.49. The van der Waals surface area contributed by atoms with Gasteiger partial charge in [-0.1, -0.05) is 6.07 Å². The van der Waals surface area contributed by atoms with E-state index in [1.54, 1.807) is 25.1 Å². The van der Waals surface area contributed by atoms with Crippen LogP contribution in [0, 0.1) is 5.82 Å². The van der Waals surface area contributed by atoms with E-state index in [4.69, 9.17) is 0 Å². The summed E-state index contributed by atoms with van der Waals surface area (Å²) in [5.41, 5.74) is 3.01. The third kappa shape index (κ3) is 3.17. The number of hydrazone groups is 1. The van der Waals surface area contributed by atoms with E-state index in [2.05, 4.69) is 15.5 Å². The molecule has 0 fully saturated rings. The van der Waals surface area contributed by atoms with E-state index in [-0.39, 0.29) is 22.7 Å². The van der Waals surface area contributed by atoms with Crippen LogP contribution in [0.3, 0.4) is 0 Å². The van der Waals surface area contributed by atoms with E-state index in [9.17, 15) is 14.3 Å². The lowest BCUT2D eigenvalue weighted by atomic mass is 10.1. The van der Waals surface area contributed by atoms with Gasteiger partial charge in [-0.15, -0.1) is 0 Å². The Kier molecular flexibility index (Phi) is 4.05. The number of aromatic nitrogens is 1. The Morgan fingerprint density at radius 3 is 2.85 bits per heavy atom. The number of nitrogens with zero attached hydrogens (tertiary/aromatic N) is 2. The number of carbonyl (C=O) groups is 1. The van der Waals surface area contributed by atoms with Gasteiger partial charge in [0.15, 0.2) is 0 Å². The molecule has 1 heterocycles. The number of nitrogens with one attached hydrogen (secondary N) is 1. The maximum absolute atomic E-state index is 13.1. The summed E-state index contributed by atoms with van der Waals surface area (Å²) in [4.78, 5) is 15.6. The van der Waals surface area contributed by atoms with Crippen molar-refractivity contribution >= 4 is 11.6 Å². The van der Waals surface area contributed by atoms with E-state index in [1.807, 2.05) is 0 Å². The second-order valence-electron chi connectivity index (χ2n) is 4.01. The fraction of sp³-hybridized carbons (Fsp3) is 0.0714. The molecule has 0 radical (unpaired) electrons. The lowest BCUT2D eigenvalue weighted by Gasteiger charge is -2.05. The topological polar surface area (TPSA) is 74.6 Å². The smallest absolute Gasteiger partial charge is 0.289 e. The van der Waals surface area contributed by atoms with Crippen molar-refractivity contribution in [1.82, 2.24) is 10.4 Å². The quantitative estimate of drug-likeness (QED) is 0.664. The molecule has 1 aromatic carbocycles. The minimum atomic E-state index is -0.497. The molecule has 0 unspecified atom stereocenters. The number of carbonyl (C=O) groups excluding carboxylic acids is 1. The molecule has 0 aliphatic carbocycles. The first-order chi connectivity index (χ1) is 9.58. The maximum Gasteiger partial charge on any atom is 0.289 e. The van der Waals surface area contributed by atoms with Crippen molar-refractivity contribution in [2.45, 2.75) is 6.92 Å². The highest BCUT2D eigenvalue weighted by Crippen LogP contribution is 2.18. The number of hydrogen-bond donors (Lipinski definition) is 2. The van der Waals surface area contributed by atoms with Crippen LogP contribution in [-0.4, -0.2) is 21.7 Å². The van der Waals surface area contributed by atoms with Crippen molar-refractivity contribution in [1.29, 1.82) is 0 Å². The van der Waals surface area contributed by atoms with Crippen molar-refractivity contribution in [2.24, 2.45) is 5.10 Å². The molecule has 0 aliphatic rings. The van der Waals surface area contributed by atoms with Crippen molar-refractivity contribution in [3.05, 3.63) is 59.7 Å². The highest BCUT2D eigenvalue weighted by Gasteiger charge is 2.08. The predicted molar refractivity (Wildman–Crippen MR) is 72.0 cm³/mol. The summed E-state index contributed by atoms with van der Waals surface area (Å²) in [6.45, 7) is 1.55. The lowest BCUT2D eigenvalue weighted by molar-refractivity contribution is 0.0950. The molecule has 0 saturated carbocycles. The van der Waals surface area contributed by atoms with Crippen molar-refractivity contribution < 1.29 is 14.3 Å². The molecule has 2 N–H and O–H groups in total. The van der Waals surface area contributed by atoms with Crippen LogP contribution in [0.1, 0.15) is 23.0 Å². The van der Waals surface area contributed by atoms with Crippen LogP contribution < -0.4 is 5.43 Å². The number of hydrogen-bond acceptors (Lipinski definition) is 4. The number of benzene rings is 1. The number of phenolic OH excluding ortho intramolecular Hbond substituents is 1. The zero-order valence-corrected chi connectivity index (χ0v) is 10.7. The molecular weight excluding hydrogens is 261 g/mol. The molecule has 0 saturated heterocycles. The van der Waals surface area contributed by atoms with Crippen LogP contribution in [0.15, 0.2) is 47.7 Å². The summed E-state index contributed by atoms with van der Waals surface area (Å²) in [6, 6.07) is 8.41. The van der Waals surface area contributed by atoms with Crippen LogP contribution in [0.4, 0.5) is 4.39 Å². The average Bonchev–Trinajstić information content (AvgIpc) is 2.47. The van der Waals surface area contributed by atoms with E-state index in [0.717, 1.165) is 12.1 Å². The van der Waals surface area contributed by atoms with E-state index in [1.165, 1.54) is 12.3 Å². The highest BCUT2D eigenvalue weighted by atomic mass is 19.1. The number of pyridine rings is 1. The maximum atomic E-state index is 13.1. The number of rotatable bonds is 3. The van der Waals surface area contributed by atoms with Gasteiger partial charge < -0.3 is 5.11 Å². The van der Waals surface area contributed by atoms with Gasteiger partial charge in [0.1, 0.15) is 17.3 Å². The van der Waals surface area contributed by atoms with Gasteiger partial charge in [0.25, 0.3) is 5.91 Å². The normalized spacial score (nSPS) is 11.2. The summed E-state index contributed by atoms with van der Waals surface area (Å²) in [7, 11) is 0. The van der Waals surface area contributed by atoms with Gasteiger partial charge in [-0.25, -0.2) is 9.82 Å². The molecule has 6 heteroatoms. The highest BCUT2D eigenvalue weighted by molar-refractivity contribution is 6.02. The van der Waals surface area contributed by atoms with Crippen LogP contribution in [0.2, 0.25) is 0 Å². The molecule has 0 bridgehead atoms. The summed E-state index contributed by atoms with van der Waals surface area (Å²) >= 11 is 0. The van der Waals surface area contributed by atoms with Crippen LogP contribution >= 0.6 is 0 Å². The summed E-state index contributed by atoms with van der Waals surface area (Å²) in [5, 5.41) is 13.4. The minimum Gasteiger partial charge on any atom is -0.507 e. The Morgan fingerprint density at radius 2 is 2.15 bits per heavy atom. The molecule has 20 heavy (non-hydrogen) atoms. The molecular formula is C14H12FN3O2. The third-order valence-corrected chi connectivity index (χ3v) is 2.57. The van der Waals surface area contributed by atoms with Gasteiger partial charge in [-0.05, 0) is 37.3 Å². The molecule has 2 rings (SSSR count). The van der Waals surface area contributed by atoms with Gasteiger partial charge in [0.05, 0.1) is 5.71 Å². The molecule has 0 atom stereocenters. The molecule has 0 aliphatic heterocycles. The van der Waals surface area contributed by atoms with Gasteiger partial charge in [0, 0.05) is 11.8 Å². The first-order valence-corrected chi connectivity index (χ1v) is 5.82. The zero-order chi connectivity index (χ0) is 14.5. The number of aromatic hydroxyl groups is 1. The Morgan fingerprint density at radius 1 is 1.35 bits per heavy atom. The fourth-order valence-corrected chi connectivity index (χ4v) is 1.55.